The van der Waals surface area contributed by atoms with Crippen LogP contribution in [0, 0.1) is 0 Å². The first-order valence-electron chi connectivity index (χ1n) is 10.7. The Morgan fingerprint density at radius 3 is 2.87 bits per heavy atom. The van der Waals surface area contributed by atoms with Gasteiger partial charge in [0.05, 0.1) is 17.9 Å². The summed E-state index contributed by atoms with van der Waals surface area (Å²) >= 11 is 1.58. The molecule has 5 rings (SSSR count). The van der Waals surface area contributed by atoms with Gasteiger partial charge in [0.1, 0.15) is 6.54 Å². The number of carbonyl (C=O) groups is 1. The Kier molecular flexibility index (Phi) is 5.50. The van der Waals surface area contributed by atoms with Crippen molar-refractivity contribution in [3.8, 4) is 11.3 Å². The summed E-state index contributed by atoms with van der Waals surface area (Å²) in [5.74, 6) is 0.541. The number of nitrogens with zero attached hydrogens (tertiary/aromatic N) is 5. The Balaban J connectivity index is 1.37. The highest BCUT2D eigenvalue weighted by atomic mass is 32.1. The minimum atomic E-state index is -0.265. The maximum Gasteiger partial charge on any atom is 0.267 e. The summed E-state index contributed by atoms with van der Waals surface area (Å²) in [6, 6.07) is 5.50. The van der Waals surface area contributed by atoms with Crippen LogP contribution in [-0.2, 0) is 30.7 Å². The van der Waals surface area contributed by atoms with Crippen molar-refractivity contribution in [3.63, 3.8) is 0 Å². The third-order valence-electron chi connectivity index (χ3n) is 5.79. The lowest BCUT2D eigenvalue weighted by molar-refractivity contribution is -0.122. The van der Waals surface area contributed by atoms with Gasteiger partial charge in [0.25, 0.3) is 5.56 Å². The molecule has 0 radical (unpaired) electrons. The Bertz CT molecular complexity index is 1150. The fourth-order valence-corrected chi connectivity index (χ4v) is 4.79. The molecule has 8 nitrogen and oxygen atoms in total. The van der Waals surface area contributed by atoms with E-state index in [9.17, 15) is 9.59 Å². The third-order valence-corrected chi connectivity index (χ3v) is 6.67. The molecule has 1 saturated heterocycles. The Morgan fingerprint density at radius 1 is 1.19 bits per heavy atom. The SMILES string of the molecule is O=C(Cn1nc2c(cc1=O)CCc1nc(N3CCCCC3)ncc1-2)NCc1cccs1. The second kappa shape index (κ2) is 8.58. The molecule has 0 aromatic carbocycles. The van der Waals surface area contributed by atoms with Crippen LogP contribution < -0.4 is 15.8 Å². The van der Waals surface area contributed by atoms with E-state index in [1.54, 1.807) is 17.4 Å². The van der Waals surface area contributed by atoms with Crippen LogP contribution in [0.25, 0.3) is 11.3 Å². The average molecular weight is 437 g/mol. The van der Waals surface area contributed by atoms with Crippen LogP contribution in [0.2, 0.25) is 0 Å². The van der Waals surface area contributed by atoms with E-state index in [0.29, 0.717) is 18.7 Å². The highest BCUT2D eigenvalue weighted by Gasteiger charge is 2.23. The van der Waals surface area contributed by atoms with Gasteiger partial charge in [0, 0.05) is 35.8 Å². The van der Waals surface area contributed by atoms with Crippen LogP contribution in [0.5, 0.6) is 0 Å². The van der Waals surface area contributed by atoms with Crippen LogP contribution in [0.4, 0.5) is 5.95 Å². The lowest BCUT2D eigenvalue weighted by atomic mass is 9.94. The van der Waals surface area contributed by atoms with Crippen LogP contribution in [0.15, 0.2) is 34.6 Å². The first-order valence-corrected chi connectivity index (χ1v) is 11.6. The number of thiophene rings is 1. The zero-order valence-corrected chi connectivity index (χ0v) is 18.0. The third kappa shape index (κ3) is 4.23. The fraction of sp³-hybridized carbons (Fsp3) is 0.409. The van der Waals surface area contributed by atoms with E-state index in [4.69, 9.17) is 4.98 Å². The van der Waals surface area contributed by atoms with E-state index in [-0.39, 0.29) is 18.0 Å². The van der Waals surface area contributed by atoms with Gasteiger partial charge in [-0.2, -0.15) is 5.10 Å². The second-order valence-electron chi connectivity index (χ2n) is 7.95. The van der Waals surface area contributed by atoms with Gasteiger partial charge in [-0.15, -0.1) is 11.3 Å². The van der Waals surface area contributed by atoms with Gasteiger partial charge in [-0.1, -0.05) is 6.07 Å². The maximum absolute atomic E-state index is 12.5. The number of fused-ring (bicyclic) bond motifs is 3. The van der Waals surface area contributed by atoms with Crippen molar-refractivity contribution in [1.29, 1.82) is 0 Å². The number of nitrogens with one attached hydrogen (secondary N) is 1. The maximum atomic E-state index is 12.5. The van der Waals surface area contributed by atoms with E-state index in [1.165, 1.54) is 23.9 Å². The lowest BCUT2D eigenvalue weighted by Crippen LogP contribution is -2.34. The molecule has 160 valence electrons. The molecule has 3 aromatic rings. The molecule has 0 bridgehead atoms. The minimum Gasteiger partial charge on any atom is -0.350 e. The van der Waals surface area contributed by atoms with Crippen molar-refractivity contribution >= 4 is 23.2 Å². The summed E-state index contributed by atoms with van der Waals surface area (Å²) in [6.45, 7) is 2.33. The van der Waals surface area contributed by atoms with Crippen molar-refractivity contribution in [2.75, 3.05) is 18.0 Å². The number of hydrogen-bond donors (Lipinski definition) is 1. The highest BCUT2D eigenvalue weighted by molar-refractivity contribution is 7.09. The molecule has 3 aromatic heterocycles. The molecule has 31 heavy (non-hydrogen) atoms. The first kappa shape index (κ1) is 19.9. The number of anilines is 1. The van der Waals surface area contributed by atoms with Crippen molar-refractivity contribution in [1.82, 2.24) is 25.1 Å². The first-order chi connectivity index (χ1) is 15.2. The van der Waals surface area contributed by atoms with Gasteiger partial charge >= 0.3 is 0 Å². The topological polar surface area (TPSA) is 93.0 Å². The molecule has 0 atom stereocenters. The van der Waals surface area contributed by atoms with Gasteiger partial charge in [-0.05, 0) is 49.1 Å². The summed E-state index contributed by atoms with van der Waals surface area (Å²) in [5, 5.41) is 9.34. The molecule has 4 heterocycles. The molecule has 0 saturated carbocycles. The summed E-state index contributed by atoms with van der Waals surface area (Å²) in [4.78, 5) is 37.6. The average Bonchev–Trinajstić information content (AvgIpc) is 3.32. The van der Waals surface area contributed by atoms with Gasteiger partial charge in [-0.3, -0.25) is 9.59 Å². The summed E-state index contributed by atoms with van der Waals surface area (Å²) in [7, 11) is 0. The Hall–Kier alpha value is -3.07. The predicted octanol–water partition coefficient (Wildman–Crippen LogP) is 2.17. The number of aromatic nitrogens is 4. The predicted molar refractivity (Wildman–Crippen MR) is 119 cm³/mol. The molecule has 0 unspecified atom stereocenters. The van der Waals surface area contributed by atoms with E-state index in [2.05, 4.69) is 20.3 Å². The molecular weight excluding hydrogens is 412 g/mol. The fourth-order valence-electron chi connectivity index (χ4n) is 4.14. The lowest BCUT2D eigenvalue weighted by Gasteiger charge is -2.28. The van der Waals surface area contributed by atoms with Crippen LogP contribution in [-0.4, -0.2) is 38.7 Å². The molecule has 2 aliphatic rings. The normalized spacial score (nSPS) is 15.3. The second-order valence-corrected chi connectivity index (χ2v) is 8.98. The summed E-state index contributed by atoms with van der Waals surface area (Å²) in [5.41, 5.74) is 3.15. The minimum absolute atomic E-state index is 0.112. The Labute approximate surface area is 184 Å². The number of piperidine rings is 1. The zero-order valence-electron chi connectivity index (χ0n) is 17.2. The van der Waals surface area contributed by atoms with Crippen LogP contribution in [0.1, 0.15) is 35.4 Å². The van der Waals surface area contributed by atoms with Crippen LogP contribution >= 0.6 is 11.3 Å². The number of aryl methyl sites for hydroxylation is 2. The van der Waals surface area contributed by atoms with E-state index >= 15 is 0 Å². The summed E-state index contributed by atoms with van der Waals surface area (Å²) in [6.07, 6.45) is 6.90. The van der Waals surface area contributed by atoms with E-state index in [1.807, 2.05) is 23.7 Å². The molecule has 1 aliphatic heterocycles. The van der Waals surface area contributed by atoms with Gasteiger partial charge < -0.3 is 10.2 Å². The van der Waals surface area contributed by atoms with Crippen molar-refractivity contribution in [3.05, 3.63) is 56.3 Å². The van der Waals surface area contributed by atoms with Crippen LogP contribution in [0.3, 0.4) is 0 Å². The Morgan fingerprint density at radius 2 is 2.06 bits per heavy atom. The number of carbonyl (C=O) groups excluding carboxylic acids is 1. The zero-order chi connectivity index (χ0) is 21.2. The van der Waals surface area contributed by atoms with Gasteiger partial charge in [0.2, 0.25) is 11.9 Å². The van der Waals surface area contributed by atoms with E-state index < -0.39 is 0 Å². The highest BCUT2D eigenvalue weighted by Crippen LogP contribution is 2.30. The number of hydrogen-bond acceptors (Lipinski definition) is 7. The smallest absolute Gasteiger partial charge is 0.267 e. The van der Waals surface area contributed by atoms with Crippen molar-refractivity contribution < 1.29 is 4.79 Å². The van der Waals surface area contributed by atoms with Crippen molar-refractivity contribution in [2.24, 2.45) is 0 Å². The number of rotatable bonds is 5. The number of amides is 1. The molecule has 1 amide bonds. The summed E-state index contributed by atoms with van der Waals surface area (Å²) < 4.78 is 1.23. The largest absolute Gasteiger partial charge is 0.350 e. The quantitative estimate of drug-likeness (QED) is 0.659. The molecule has 1 aliphatic carbocycles. The van der Waals surface area contributed by atoms with Gasteiger partial charge in [0.15, 0.2) is 0 Å². The standard InChI is InChI=1S/C22H24N6O2S/c29-19(23-12-16-5-4-10-31-16)14-28-20(30)11-15-6-7-18-17(21(15)26-28)13-24-22(25-18)27-8-2-1-3-9-27/h4-5,10-11,13H,1-3,6-9,12,14H2,(H,23,29). The monoisotopic (exact) mass is 436 g/mol. The molecular formula is C22H24N6O2S. The molecule has 9 heteroatoms. The van der Waals surface area contributed by atoms with E-state index in [0.717, 1.165) is 47.2 Å². The van der Waals surface area contributed by atoms with Gasteiger partial charge in [-0.25, -0.2) is 14.6 Å². The molecule has 0 spiro atoms. The molecule has 1 N–H and O–H groups in total. The molecule has 1 fully saturated rings. The van der Waals surface area contributed by atoms with Crippen molar-refractivity contribution in [2.45, 2.75) is 45.2 Å².